The minimum atomic E-state index is -0.343. The first-order valence-corrected chi connectivity index (χ1v) is 9.31. The Kier molecular flexibility index (Phi) is 4.77. The lowest BCUT2D eigenvalue weighted by Gasteiger charge is -2.21. The monoisotopic (exact) mass is 378 g/mol. The Morgan fingerprint density at radius 1 is 0.857 bits per heavy atom. The van der Waals surface area contributed by atoms with Crippen LogP contribution in [0.15, 0.2) is 54.2 Å². The third-order valence-electron chi connectivity index (χ3n) is 5.17. The smallest absolute Gasteiger partial charge is 0.282 e. The standard InChI is InChI=1S/C22H22N2O4/c1-27-16-10-11-18(28-2)17(14-16)24-21(25)19(15-8-4-3-5-9-15)20(22(24)26)23-12-6-7-13-23/h3-5,8-11,14H,6-7,12-13H2,1-2H3. The summed E-state index contributed by atoms with van der Waals surface area (Å²) in [7, 11) is 3.06. The lowest BCUT2D eigenvalue weighted by molar-refractivity contribution is -0.120. The number of likely N-dealkylation sites (tertiary alicyclic amines) is 1. The quantitative estimate of drug-likeness (QED) is 0.749. The topological polar surface area (TPSA) is 59.1 Å². The zero-order valence-electron chi connectivity index (χ0n) is 16.0. The summed E-state index contributed by atoms with van der Waals surface area (Å²) in [5.41, 5.74) is 2.04. The van der Waals surface area contributed by atoms with Gasteiger partial charge in [-0.3, -0.25) is 9.59 Å². The summed E-state index contributed by atoms with van der Waals surface area (Å²) in [5.74, 6) is 0.326. The summed E-state index contributed by atoms with van der Waals surface area (Å²) in [6, 6.07) is 14.5. The Morgan fingerprint density at radius 2 is 1.57 bits per heavy atom. The van der Waals surface area contributed by atoms with E-state index in [1.54, 1.807) is 25.3 Å². The molecule has 144 valence electrons. The van der Waals surface area contributed by atoms with E-state index in [0.717, 1.165) is 31.5 Å². The Balaban J connectivity index is 1.86. The molecular formula is C22H22N2O4. The van der Waals surface area contributed by atoms with Crippen molar-refractivity contribution < 1.29 is 19.1 Å². The third kappa shape index (κ3) is 2.91. The molecule has 0 spiro atoms. The fourth-order valence-electron chi connectivity index (χ4n) is 3.81. The van der Waals surface area contributed by atoms with Gasteiger partial charge in [-0.15, -0.1) is 0 Å². The van der Waals surface area contributed by atoms with Crippen LogP contribution in [0.4, 0.5) is 5.69 Å². The third-order valence-corrected chi connectivity index (χ3v) is 5.17. The Bertz CT molecular complexity index is 946. The fourth-order valence-corrected chi connectivity index (χ4v) is 3.81. The molecule has 2 aromatic rings. The predicted octanol–water partition coefficient (Wildman–Crippen LogP) is 3.08. The number of hydrogen-bond donors (Lipinski definition) is 0. The Labute approximate surface area is 164 Å². The van der Waals surface area contributed by atoms with E-state index in [4.69, 9.17) is 9.47 Å². The number of ether oxygens (including phenoxy) is 2. The maximum Gasteiger partial charge on any atom is 0.282 e. The fraction of sp³-hybridized carbons (Fsp3) is 0.273. The van der Waals surface area contributed by atoms with Gasteiger partial charge in [0.25, 0.3) is 11.8 Å². The van der Waals surface area contributed by atoms with Gasteiger partial charge in [-0.25, -0.2) is 4.90 Å². The zero-order chi connectivity index (χ0) is 19.7. The van der Waals surface area contributed by atoms with Crippen molar-refractivity contribution in [2.75, 3.05) is 32.2 Å². The van der Waals surface area contributed by atoms with E-state index in [1.165, 1.54) is 12.0 Å². The number of imide groups is 1. The first-order valence-electron chi connectivity index (χ1n) is 9.31. The van der Waals surface area contributed by atoms with E-state index in [9.17, 15) is 9.59 Å². The highest BCUT2D eigenvalue weighted by atomic mass is 16.5. The van der Waals surface area contributed by atoms with Crippen LogP contribution in [0.3, 0.4) is 0 Å². The van der Waals surface area contributed by atoms with Gasteiger partial charge in [-0.2, -0.15) is 0 Å². The first-order chi connectivity index (χ1) is 13.7. The molecule has 0 saturated carbocycles. The molecule has 0 radical (unpaired) electrons. The van der Waals surface area contributed by atoms with Gasteiger partial charge < -0.3 is 14.4 Å². The zero-order valence-corrected chi connectivity index (χ0v) is 16.0. The molecule has 4 rings (SSSR count). The molecular weight excluding hydrogens is 356 g/mol. The lowest BCUT2D eigenvalue weighted by Crippen LogP contribution is -2.34. The molecule has 28 heavy (non-hydrogen) atoms. The van der Waals surface area contributed by atoms with Crippen molar-refractivity contribution in [3.63, 3.8) is 0 Å². The molecule has 2 heterocycles. The number of rotatable bonds is 5. The van der Waals surface area contributed by atoms with Crippen LogP contribution >= 0.6 is 0 Å². The summed E-state index contributed by atoms with van der Waals surface area (Å²) < 4.78 is 10.7. The van der Waals surface area contributed by atoms with Crippen molar-refractivity contribution in [1.82, 2.24) is 4.90 Å². The number of benzene rings is 2. The summed E-state index contributed by atoms with van der Waals surface area (Å²) >= 11 is 0. The highest BCUT2D eigenvalue weighted by Gasteiger charge is 2.44. The van der Waals surface area contributed by atoms with Gasteiger partial charge in [0.15, 0.2) is 0 Å². The summed E-state index contributed by atoms with van der Waals surface area (Å²) in [4.78, 5) is 30.2. The number of methoxy groups -OCH3 is 2. The van der Waals surface area contributed by atoms with Crippen LogP contribution in [0.2, 0.25) is 0 Å². The SMILES string of the molecule is COc1ccc(OC)c(N2C(=O)C(c3ccccc3)=C(N3CCCC3)C2=O)c1. The van der Waals surface area contributed by atoms with Crippen molar-refractivity contribution in [3.8, 4) is 11.5 Å². The second-order valence-corrected chi connectivity index (χ2v) is 6.77. The molecule has 0 atom stereocenters. The lowest BCUT2D eigenvalue weighted by atomic mass is 10.0. The van der Waals surface area contributed by atoms with Gasteiger partial charge in [0.1, 0.15) is 17.2 Å². The Morgan fingerprint density at radius 3 is 2.21 bits per heavy atom. The van der Waals surface area contributed by atoms with Crippen LogP contribution in [-0.2, 0) is 9.59 Å². The number of amides is 2. The van der Waals surface area contributed by atoms with E-state index in [2.05, 4.69) is 0 Å². The van der Waals surface area contributed by atoms with E-state index in [0.29, 0.717) is 28.5 Å². The molecule has 0 unspecified atom stereocenters. The molecule has 0 aliphatic carbocycles. The Hall–Kier alpha value is -3.28. The largest absolute Gasteiger partial charge is 0.497 e. The molecule has 2 amide bonds. The van der Waals surface area contributed by atoms with Gasteiger partial charge in [0, 0.05) is 19.2 Å². The van der Waals surface area contributed by atoms with Crippen LogP contribution in [-0.4, -0.2) is 44.0 Å². The van der Waals surface area contributed by atoms with Crippen LogP contribution in [0.5, 0.6) is 11.5 Å². The highest BCUT2D eigenvalue weighted by Crippen LogP contribution is 2.40. The second kappa shape index (κ2) is 7.38. The van der Waals surface area contributed by atoms with E-state index in [1.807, 2.05) is 35.2 Å². The number of nitrogens with zero attached hydrogens (tertiary/aromatic N) is 2. The average Bonchev–Trinajstić information content (AvgIpc) is 3.34. The average molecular weight is 378 g/mol. The van der Waals surface area contributed by atoms with Crippen molar-refractivity contribution in [2.45, 2.75) is 12.8 Å². The van der Waals surface area contributed by atoms with Gasteiger partial charge in [0.2, 0.25) is 0 Å². The number of hydrogen-bond acceptors (Lipinski definition) is 5. The van der Waals surface area contributed by atoms with Gasteiger partial charge >= 0.3 is 0 Å². The first kappa shape index (κ1) is 18.1. The molecule has 2 aromatic carbocycles. The predicted molar refractivity (Wildman–Crippen MR) is 106 cm³/mol. The minimum Gasteiger partial charge on any atom is -0.497 e. The van der Waals surface area contributed by atoms with Crippen LogP contribution < -0.4 is 14.4 Å². The van der Waals surface area contributed by atoms with Crippen molar-refractivity contribution in [2.24, 2.45) is 0 Å². The molecule has 6 heteroatoms. The van der Waals surface area contributed by atoms with Crippen LogP contribution in [0.25, 0.3) is 5.57 Å². The van der Waals surface area contributed by atoms with Gasteiger partial charge in [-0.1, -0.05) is 30.3 Å². The highest BCUT2D eigenvalue weighted by molar-refractivity contribution is 6.45. The molecule has 6 nitrogen and oxygen atoms in total. The molecule has 1 fully saturated rings. The van der Waals surface area contributed by atoms with Crippen molar-refractivity contribution in [1.29, 1.82) is 0 Å². The van der Waals surface area contributed by atoms with Gasteiger partial charge in [0.05, 0.1) is 25.5 Å². The number of anilines is 1. The van der Waals surface area contributed by atoms with E-state index >= 15 is 0 Å². The molecule has 0 bridgehead atoms. The van der Waals surface area contributed by atoms with Crippen LogP contribution in [0, 0.1) is 0 Å². The molecule has 2 aliphatic rings. The second-order valence-electron chi connectivity index (χ2n) is 6.77. The van der Waals surface area contributed by atoms with Gasteiger partial charge in [-0.05, 0) is 30.5 Å². The van der Waals surface area contributed by atoms with Crippen molar-refractivity contribution >= 4 is 23.1 Å². The van der Waals surface area contributed by atoms with E-state index < -0.39 is 0 Å². The number of carbonyl (C=O) groups excluding carboxylic acids is 2. The van der Waals surface area contributed by atoms with E-state index in [-0.39, 0.29) is 11.8 Å². The molecule has 0 N–H and O–H groups in total. The summed E-state index contributed by atoms with van der Waals surface area (Å²) in [6.45, 7) is 1.54. The number of carbonyl (C=O) groups is 2. The summed E-state index contributed by atoms with van der Waals surface area (Å²) in [5, 5.41) is 0. The molecule has 1 saturated heterocycles. The summed E-state index contributed by atoms with van der Waals surface area (Å²) in [6.07, 6.45) is 2.02. The normalized spacial score (nSPS) is 16.9. The minimum absolute atomic E-state index is 0.322. The maximum atomic E-state index is 13.5. The van der Waals surface area contributed by atoms with Crippen molar-refractivity contribution in [3.05, 3.63) is 59.8 Å². The van der Waals surface area contributed by atoms with Crippen LogP contribution in [0.1, 0.15) is 18.4 Å². The maximum absolute atomic E-state index is 13.5. The molecule has 2 aliphatic heterocycles. The molecule has 0 aromatic heterocycles.